The molecule has 2 rings (SSSR count). The zero-order valence-corrected chi connectivity index (χ0v) is 24.8. The van der Waals surface area contributed by atoms with Crippen molar-refractivity contribution in [2.75, 3.05) is 17.6 Å². The number of anilines is 1. The largest absolute Gasteiger partial charge is 0.507 e. The number of hydrogen-bond donors (Lipinski definition) is 4. The van der Waals surface area contributed by atoms with Crippen LogP contribution in [0.4, 0.5) is 10.5 Å². The number of thiol groups is 1. The molecular formula is C30H43N3O5S. The Morgan fingerprint density at radius 2 is 1.67 bits per heavy atom. The third-order valence-electron chi connectivity index (χ3n) is 6.23. The summed E-state index contributed by atoms with van der Waals surface area (Å²) in [5.41, 5.74) is 1.60. The molecule has 0 fully saturated rings. The summed E-state index contributed by atoms with van der Waals surface area (Å²) >= 11 is 4.33. The highest BCUT2D eigenvalue weighted by Gasteiger charge is 2.37. The average molecular weight is 558 g/mol. The van der Waals surface area contributed by atoms with Crippen LogP contribution in [0.2, 0.25) is 0 Å². The van der Waals surface area contributed by atoms with Crippen LogP contribution >= 0.6 is 12.6 Å². The summed E-state index contributed by atoms with van der Waals surface area (Å²) in [7, 11) is 0. The first-order valence-corrected chi connectivity index (χ1v) is 14.1. The molecule has 0 saturated carbocycles. The van der Waals surface area contributed by atoms with Gasteiger partial charge in [0.2, 0.25) is 5.91 Å². The van der Waals surface area contributed by atoms with E-state index >= 15 is 0 Å². The Bertz CT molecular complexity index is 1130. The van der Waals surface area contributed by atoms with Gasteiger partial charge in [0, 0.05) is 23.5 Å². The first kappa shape index (κ1) is 32.0. The Hall–Kier alpha value is -3.20. The normalized spacial score (nSPS) is 12.8. The van der Waals surface area contributed by atoms with Gasteiger partial charge in [-0.05, 0) is 58.2 Å². The van der Waals surface area contributed by atoms with Crippen molar-refractivity contribution in [3.63, 3.8) is 0 Å². The minimum Gasteiger partial charge on any atom is -0.507 e. The van der Waals surface area contributed by atoms with Gasteiger partial charge in [0.05, 0.1) is 0 Å². The van der Waals surface area contributed by atoms with Crippen molar-refractivity contribution in [1.82, 2.24) is 10.2 Å². The molecule has 39 heavy (non-hydrogen) atoms. The number of rotatable bonds is 12. The number of nitrogens with zero attached hydrogens (tertiary/aromatic N) is 1. The van der Waals surface area contributed by atoms with E-state index < -0.39 is 35.6 Å². The quantitative estimate of drug-likeness (QED) is 0.191. The van der Waals surface area contributed by atoms with Gasteiger partial charge in [0.25, 0.3) is 5.91 Å². The fourth-order valence-electron chi connectivity index (χ4n) is 4.18. The maximum atomic E-state index is 14.0. The lowest BCUT2D eigenvalue weighted by atomic mass is 9.98. The van der Waals surface area contributed by atoms with E-state index in [2.05, 4.69) is 30.2 Å². The summed E-state index contributed by atoms with van der Waals surface area (Å²) in [6.07, 6.45) is 2.73. The van der Waals surface area contributed by atoms with Crippen LogP contribution in [0.3, 0.4) is 0 Å². The second-order valence-corrected chi connectivity index (χ2v) is 11.1. The minimum atomic E-state index is -1.15. The maximum absolute atomic E-state index is 14.0. The van der Waals surface area contributed by atoms with E-state index in [0.717, 1.165) is 24.8 Å². The summed E-state index contributed by atoms with van der Waals surface area (Å²) in [4.78, 5) is 41.9. The molecule has 0 bridgehead atoms. The third-order valence-corrected chi connectivity index (χ3v) is 6.60. The molecule has 0 aliphatic carbocycles. The topological polar surface area (TPSA) is 108 Å². The highest BCUT2D eigenvalue weighted by molar-refractivity contribution is 7.80. The van der Waals surface area contributed by atoms with E-state index in [1.165, 1.54) is 4.90 Å². The molecule has 0 spiro atoms. The number of phenolic OH excluding ortho intramolecular Hbond substituents is 1. The third kappa shape index (κ3) is 9.49. The lowest BCUT2D eigenvalue weighted by molar-refractivity contribution is -0.140. The average Bonchev–Trinajstić information content (AvgIpc) is 2.86. The fourth-order valence-corrected chi connectivity index (χ4v) is 4.43. The number of alkyl carbamates (subject to hydrolysis) is 1. The number of hydrogen-bond acceptors (Lipinski definition) is 6. The number of nitrogens with one attached hydrogen (secondary N) is 2. The Balaban J connectivity index is 2.54. The standard InChI is InChI=1S/C30H43N3O5S/c1-7-8-9-12-18-33(28(36)24(19-39)32-29(37)38-30(4,5)6)25(22-16-13-15-21(3)26(22)34)27(35)31-23-17-11-10-14-20(23)2/h10-11,13-17,24-25,34,39H,7-9,12,18-19H2,1-6H3,(H,31,35)(H,32,37). The van der Waals surface area contributed by atoms with Crippen LogP contribution in [-0.2, 0) is 14.3 Å². The lowest BCUT2D eigenvalue weighted by Crippen LogP contribution is -2.53. The van der Waals surface area contributed by atoms with Gasteiger partial charge in [-0.2, -0.15) is 12.6 Å². The van der Waals surface area contributed by atoms with Crippen molar-refractivity contribution >= 4 is 36.2 Å². The molecule has 2 aromatic rings. The van der Waals surface area contributed by atoms with Crippen LogP contribution < -0.4 is 10.6 Å². The Kier molecular flexibility index (Phi) is 12.2. The van der Waals surface area contributed by atoms with Gasteiger partial charge in [-0.15, -0.1) is 0 Å². The van der Waals surface area contributed by atoms with Crippen molar-refractivity contribution in [1.29, 1.82) is 0 Å². The molecule has 0 heterocycles. The van der Waals surface area contributed by atoms with Gasteiger partial charge in [-0.1, -0.05) is 62.6 Å². The molecule has 8 nitrogen and oxygen atoms in total. The molecule has 0 aliphatic rings. The number of aromatic hydroxyl groups is 1. The van der Waals surface area contributed by atoms with Crippen LogP contribution in [0.15, 0.2) is 42.5 Å². The molecule has 0 aromatic heterocycles. The van der Waals surface area contributed by atoms with Crippen molar-refractivity contribution in [3.05, 3.63) is 59.2 Å². The number of carbonyl (C=O) groups is 3. The molecule has 214 valence electrons. The van der Waals surface area contributed by atoms with Crippen molar-refractivity contribution in [2.24, 2.45) is 0 Å². The summed E-state index contributed by atoms with van der Waals surface area (Å²) < 4.78 is 5.36. The minimum absolute atomic E-state index is 0.00450. The molecule has 0 saturated heterocycles. The number of carbonyl (C=O) groups excluding carboxylic acids is 3. The Morgan fingerprint density at radius 1 is 1.00 bits per heavy atom. The van der Waals surface area contributed by atoms with E-state index in [0.29, 0.717) is 23.2 Å². The number of aryl methyl sites for hydroxylation is 2. The molecule has 2 atom stereocenters. The van der Waals surface area contributed by atoms with E-state index in [1.807, 2.05) is 25.1 Å². The molecular weight excluding hydrogens is 514 g/mol. The number of amides is 3. The summed E-state index contributed by atoms with van der Waals surface area (Å²) in [5, 5.41) is 16.6. The van der Waals surface area contributed by atoms with Crippen LogP contribution in [-0.4, -0.2) is 51.9 Å². The fraction of sp³-hybridized carbons (Fsp3) is 0.500. The van der Waals surface area contributed by atoms with E-state index in [-0.39, 0.29) is 18.0 Å². The van der Waals surface area contributed by atoms with Crippen LogP contribution in [0.1, 0.15) is 76.1 Å². The number of unbranched alkanes of at least 4 members (excludes halogenated alkanes) is 3. The first-order valence-electron chi connectivity index (χ1n) is 13.4. The molecule has 0 aliphatic heterocycles. The highest BCUT2D eigenvalue weighted by Crippen LogP contribution is 2.33. The molecule has 2 aromatic carbocycles. The highest BCUT2D eigenvalue weighted by atomic mass is 32.1. The SMILES string of the molecule is CCCCCCN(C(=O)C(CS)NC(=O)OC(C)(C)C)C(C(=O)Nc1ccccc1C)c1cccc(C)c1O. The number of phenols is 1. The van der Waals surface area contributed by atoms with E-state index in [9.17, 15) is 19.5 Å². The zero-order chi connectivity index (χ0) is 29.2. The zero-order valence-electron chi connectivity index (χ0n) is 23.9. The van der Waals surface area contributed by atoms with Crippen molar-refractivity contribution < 1.29 is 24.2 Å². The predicted octanol–water partition coefficient (Wildman–Crippen LogP) is 5.92. The number of para-hydroxylation sites is 2. The van der Waals surface area contributed by atoms with Gasteiger partial charge in [0.1, 0.15) is 23.4 Å². The van der Waals surface area contributed by atoms with Crippen LogP contribution in [0, 0.1) is 13.8 Å². The lowest BCUT2D eigenvalue weighted by Gasteiger charge is -2.34. The van der Waals surface area contributed by atoms with E-state index in [4.69, 9.17) is 4.74 Å². The summed E-state index contributed by atoms with van der Waals surface area (Å²) in [6, 6.07) is 10.3. The van der Waals surface area contributed by atoms with Gasteiger partial charge in [-0.3, -0.25) is 9.59 Å². The van der Waals surface area contributed by atoms with Crippen molar-refractivity contribution in [2.45, 2.75) is 84.9 Å². The smallest absolute Gasteiger partial charge is 0.408 e. The van der Waals surface area contributed by atoms with Crippen LogP contribution in [0.5, 0.6) is 5.75 Å². The molecule has 3 amide bonds. The summed E-state index contributed by atoms with van der Waals surface area (Å²) in [6.45, 7) is 11.2. The van der Waals surface area contributed by atoms with E-state index in [1.54, 1.807) is 52.0 Å². The molecule has 2 unspecified atom stereocenters. The Morgan fingerprint density at radius 3 is 2.28 bits per heavy atom. The second-order valence-electron chi connectivity index (χ2n) is 10.7. The number of benzene rings is 2. The predicted molar refractivity (Wildman–Crippen MR) is 158 cm³/mol. The summed E-state index contributed by atoms with van der Waals surface area (Å²) in [5.74, 6) is -1.02. The molecule has 9 heteroatoms. The molecule has 0 radical (unpaired) electrons. The first-order chi connectivity index (χ1) is 18.4. The maximum Gasteiger partial charge on any atom is 0.408 e. The van der Waals surface area contributed by atoms with Gasteiger partial charge in [-0.25, -0.2) is 4.79 Å². The van der Waals surface area contributed by atoms with Gasteiger partial charge in [0.15, 0.2) is 0 Å². The molecule has 3 N–H and O–H groups in total. The van der Waals surface area contributed by atoms with Crippen molar-refractivity contribution in [3.8, 4) is 5.75 Å². The number of ether oxygens (including phenoxy) is 1. The monoisotopic (exact) mass is 557 g/mol. The van der Waals surface area contributed by atoms with Crippen LogP contribution in [0.25, 0.3) is 0 Å². The second kappa shape index (κ2) is 14.8. The Labute approximate surface area is 237 Å². The van der Waals surface area contributed by atoms with Gasteiger partial charge >= 0.3 is 6.09 Å². The van der Waals surface area contributed by atoms with Gasteiger partial charge < -0.3 is 25.4 Å².